The number of amides is 1. The van der Waals surface area contributed by atoms with Gasteiger partial charge in [-0.25, -0.2) is 0 Å². The van der Waals surface area contributed by atoms with Crippen molar-refractivity contribution in [1.82, 2.24) is 9.80 Å². The van der Waals surface area contributed by atoms with Gasteiger partial charge >= 0.3 is 0 Å². The zero-order chi connectivity index (χ0) is 17.3. The van der Waals surface area contributed by atoms with Gasteiger partial charge in [-0.2, -0.15) is 0 Å². The highest BCUT2D eigenvalue weighted by molar-refractivity contribution is 5.79. The summed E-state index contributed by atoms with van der Waals surface area (Å²) in [4.78, 5) is 17.5. The molecule has 4 rings (SSSR count). The van der Waals surface area contributed by atoms with E-state index in [2.05, 4.69) is 16.8 Å². The first-order valence-electron chi connectivity index (χ1n) is 10.7. The van der Waals surface area contributed by atoms with Crippen molar-refractivity contribution in [1.29, 1.82) is 0 Å². The van der Waals surface area contributed by atoms with E-state index < -0.39 is 0 Å². The van der Waals surface area contributed by atoms with E-state index in [1.165, 1.54) is 58.0 Å². The van der Waals surface area contributed by atoms with E-state index in [9.17, 15) is 4.79 Å². The lowest BCUT2D eigenvalue weighted by molar-refractivity contribution is -0.139. The molecule has 0 bridgehead atoms. The number of ether oxygens (including phenoxy) is 1. The van der Waals surface area contributed by atoms with Gasteiger partial charge in [-0.05, 0) is 56.9 Å². The van der Waals surface area contributed by atoms with Crippen molar-refractivity contribution in [3.05, 3.63) is 0 Å². The normalized spacial score (nSPS) is 30.9. The lowest BCUT2D eigenvalue weighted by atomic mass is 9.71. The number of likely N-dealkylation sites (tertiary alicyclic amines) is 2. The van der Waals surface area contributed by atoms with Gasteiger partial charge in [0.25, 0.3) is 0 Å². The highest BCUT2D eigenvalue weighted by Crippen LogP contribution is 2.45. The van der Waals surface area contributed by atoms with Gasteiger partial charge in [-0.1, -0.05) is 19.3 Å². The standard InChI is InChI=1S/C21H36N2O2/c1-22-13-19(15-25-14-17-7-8-17)21(16-22)9-11-23(12-10-21)20(24)18-5-3-2-4-6-18/h17-19H,2-16H2,1H3/t19-/m1/s1. The largest absolute Gasteiger partial charge is 0.381 e. The van der Waals surface area contributed by atoms with E-state index in [0.717, 1.165) is 45.1 Å². The first-order chi connectivity index (χ1) is 12.2. The maximum Gasteiger partial charge on any atom is 0.225 e. The third-order valence-corrected chi connectivity index (χ3v) is 7.38. The predicted octanol–water partition coefficient (Wildman–Crippen LogP) is 3.16. The molecule has 2 saturated carbocycles. The summed E-state index contributed by atoms with van der Waals surface area (Å²) >= 11 is 0. The fourth-order valence-electron chi connectivity index (χ4n) is 5.54. The Morgan fingerprint density at radius 2 is 1.76 bits per heavy atom. The number of hydrogen-bond donors (Lipinski definition) is 0. The molecule has 4 fully saturated rings. The maximum atomic E-state index is 12.8. The lowest BCUT2D eigenvalue weighted by Crippen LogP contribution is -2.48. The summed E-state index contributed by atoms with van der Waals surface area (Å²) in [7, 11) is 2.25. The SMILES string of the molecule is CN1C[C@H](COCC2CC2)C2(CCN(C(=O)C3CCCCC3)CC2)C1. The van der Waals surface area contributed by atoms with Crippen molar-refractivity contribution < 1.29 is 9.53 Å². The predicted molar refractivity (Wildman–Crippen MR) is 99.4 cm³/mol. The van der Waals surface area contributed by atoms with Crippen molar-refractivity contribution in [2.45, 2.75) is 57.8 Å². The average molecular weight is 349 g/mol. The number of rotatable bonds is 5. The van der Waals surface area contributed by atoms with Crippen LogP contribution in [0, 0.1) is 23.2 Å². The molecule has 4 heteroatoms. The number of nitrogens with zero attached hydrogens (tertiary/aromatic N) is 2. The zero-order valence-electron chi connectivity index (χ0n) is 16.0. The van der Waals surface area contributed by atoms with E-state index >= 15 is 0 Å². The first kappa shape index (κ1) is 17.8. The molecule has 2 heterocycles. The lowest BCUT2D eigenvalue weighted by Gasteiger charge is -2.43. The molecule has 4 nitrogen and oxygen atoms in total. The molecular weight excluding hydrogens is 312 g/mol. The summed E-state index contributed by atoms with van der Waals surface area (Å²) in [6.45, 7) is 6.21. The van der Waals surface area contributed by atoms with Crippen LogP contribution in [0.4, 0.5) is 0 Å². The minimum atomic E-state index is 0.326. The minimum absolute atomic E-state index is 0.326. The molecule has 2 saturated heterocycles. The van der Waals surface area contributed by atoms with Crippen LogP contribution in [0.5, 0.6) is 0 Å². The van der Waals surface area contributed by atoms with Gasteiger partial charge in [0.2, 0.25) is 5.91 Å². The second kappa shape index (κ2) is 7.56. The molecule has 0 unspecified atom stereocenters. The fraction of sp³-hybridized carbons (Fsp3) is 0.952. The zero-order valence-corrected chi connectivity index (χ0v) is 16.0. The molecule has 1 spiro atoms. The van der Waals surface area contributed by atoms with Gasteiger partial charge in [0.05, 0.1) is 6.61 Å². The van der Waals surface area contributed by atoms with Crippen molar-refractivity contribution in [3.8, 4) is 0 Å². The first-order valence-corrected chi connectivity index (χ1v) is 10.7. The van der Waals surface area contributed by atoms with Gasteiger partial charge in [-0.3, -0.25) is 4.79 Å². The summed E-state index contributed by atoms with van der Waals surface area (Å²) < 4.78 is 6.08. The van der Waals surface area contributed by atoms with Crippen molar-refractivity contribution in [3.63, 3.8) is 0 Å². The van der Waals surface area contributed by atoms with Gasteiger partial charge in [0.1, 0.15) is 0 Å². The molecule has 0 N–H and O–H groups in total. The Morgan fingerprint density at radius 3 is 2.44 bits per heavy atom. The van der Waals surface area contributed by atoms with Gasteiger partial charge < -0.3 is 14.5 Å². The quantitative estimate of drug-likeness (QED) is 0.765. The van der Waals surface area contributed by atoms with Crippen LogP contribution in [0.2, 0.25) is 0 Å². The summed E-state index contributed by atoms with van der Waals surface area (Å²) in [5.74, 6) is 2.29. The Hall–Kier alpha value is -0.610. The highest BCUT2D eigenvalue weighted by atomic mass is 16.5. The molecule has 0 aromatic heterocycles. The Kier molecular flexibility index (Phi) is 5.38. The third-order valence-electron chi connectivity index (χ3n) is 7.38. The molecule has 4 aliphatic rings. The molecule has 25 heavy (non-hydrogen) atoms. The second-order valence-electron chi connectivity index (χ2n) is 9.40. The van der Waals surface area contributed by atoms with Crippen molar-refractivity contribution >= 4 is 5.91 Å². The van der Waals surface area contributed by atoms with Gasteiger partial charge in [0, 0.05) is 44.6 Å². The van der Waals surface area contributed by atoms with Crippen molar-refractivity contribution in [2.24, 2.45) is 23.2 Å². The summed E-state index contributed by atoms with van der Waals surface area (Å²) in [6.07, 6.45) is 11.2. The van der Waals surface area contributed by atoms with Crippen molar-refractivity contribution in [2.75, 3.05) is 46.4 Å². The smallest absolute Gasteiger partial charge is 0.225 e. The van der Waals surface area contributed by atoms with E-state index in [1.54, 1.807) is 0 Å². The molecule has 0 aromatic carbocycles. The summed E-state index contributed by atoms with van der Waals surface area (Å²) in [6, 6.07) is 0. The third kappa shape index (κ3) is 4.05. The van der Waals surface area contributed by atoms with Crippen LogP contribution in [0.25, 0.3) is 0 Å². The number of hydrogen-bond acceptors (Lipinski definition) is 3. The summed E-state index contributed by atoms with van der Waals surface area (Å²) in [5.41, 5.74) is 0.391. The molecular formula is C21H36N2O2. The highest BCUT2D eigenvalue weighted by Gasteiger charge is 2.47. The number of carbonyl (C=O) groups is 1. The van der Waals surface area contributed by atoms with Crippen LogP contribution in [0.15, 0.2) is 0 Å². The second-order valence-corrected chi connectivity index (χ2v) is 9.40. The van der Waals surface area contributed by atoms with Crippen LogP contribution in [0.3, 0.4) is 0 Å². The fourth-order valence-corrected chi connectivity index (χ4v) is 5.54. The van der Waals surface area contributed by atoms with E-state index in [0.29, 0.717) is 23.2 Å². The van der Waals surface area contributed by atoms with E-state index in [4.69, 9.17) is 4.74 Å². The molecule has 0 aromatic rings. The molecule has 2 aliphatic carbocycles. The molecule has 142 valence electrons. The van der Waals surface area contributed by atoms with Crippen LogP contribution < -0.4 is 0 Å². The van der Waals surface area contributed by atoms with E-state index in [1.807, 2.05) is 0 Å². The number of piperidine rings is 1. The number of carbonyl (C=O) groups excluding carboxylic acids is 1. The maximum absolute atomic E-state index is 12.8. The van der Waals surface area contributed by atoms with Crippen LogP contribution in [0.1, 0.15) is 57.8 Å². The van der Waals surface area contributed by atoms with Gasteiger partial charge in [0.15, 0.2) is 0 Å². The average Bonchev–Trinajstić information content (AvgIpc) is 3.41. The van der Waals surface area contributed by atoms with Crippen LogP contribution >= 0.6 is 0 Å². The Morgan fingerprint density at radius 1 is 1.04 bits per heavy atom. The molecule has 1 atom stereocenters. The molecule has 0 radical (unpaired) electrons. The monoisotopic (exact) mass is 348 g/mol. The topological polar surface area (TPSA) is 32.8 Å². The Labute approximate surface area is 153 Å². The Bertz CT molecular complexity index is 463. The van der Waals surface area contributed by atoms with Crippen LogP contribution in [-0.4, -0.2) is 62.1 Å². The van der Waals surface area contributed by atoms with E-state index in [-0.39, 0.29) is 0 Å². The molecule has 2 aliphatic heterocycles. The van der Waals surface area contributed by atoms with Crippen LogP contribution in [-0.2, 0) is 9.53 Å². The Balaban J connectivity index is 1.30. The van der Waals surface area contributed by atoms with Gasteiger partial charge in [-0.15, -0.1) is 0 Å². The minimum Gasteiger partial charge on any atom is -0.381 e. The summed E-state index contributed by atoms with van der Waals surface area (Å²) in [5, 5.41) is 0. The molecule has 1 amide bonds.